The summed E-state index contributed by atoms with van der Waals surface area (Å²) in [6, 6.07) is 9.76. The van der Waals surface area contributed by atoms with E-state index in [0.29, 0.717) is 0 Å². The van der Waals surface area contributed by atoms with Gasteiger partial charge in [0.15, 0.2) is 0 Å². The quantitative estimate of drug-likeness (QED) is 0.472. The highest BCUT2D eigenvalue weighted by Gasteiger charge is 2.40. The Balaban J connectivity index is 2.49. The maximum atomic E-state index is 13.9. The summed E-state index contributed by atoms with van der Waals surface area (Å²) in [5.74, 6) is -1.84. The van der Waals surface area contributed by atoms with Crippen LogP contribution in [0.15, 0.2) is 48.7 Å². The molecule has 0 saturated heterocycles. The summed E-state index contributed by atoms with van der Waals surface area (Å²) in [5.41, 5.74) is -1.92. The minimum Gasteiger partial charge on any atom is -0.462 e. The Hall–Kier alpha value is -2.96. The van der Waals surface area contributed by atoms with E-state index in [0.717, 1.165) is 18.3 Å². The molecule has 7 heteroatoms. The Morgan fingerprint density at radius 3 is 2.46 bits per heavy atom. The summed E-state index contributed by atoms with van der Waals surface area (Å²) >= 11 is 0. The van der Waals surface area contributed by atoms with E-state index in [9.17, 15) is 22.4 Å². The Kier molecular flexibility index (Phi) is 4.63. The highest BCUT2D eigenvalue weighted by Crippen LogP contribution is 2.43. The van der Waals surface area contributed by atoms with Crippen molar-refractivity contribution in [1.29, 1.82) is 0 Å². The SMILES string of the molecule is CCOC(=O)c1cc2cc(F)cnc2c(-c2ccccc2)c1C(F)(F)F. The third-order valence-corrected chi connectivity index (χ3v) is 3.78. The van der Waals surface area contributed by atoms with Gasteiger partial charge in [0.1, 0.15) is 5.82 Å². The van der Waals surface area contributed by atoms with Gasteiger partial charge in [0.25, 0.3) is 0 Å². The van der Waals surface area contributed by atoms with Crippen molar-refractivity contribution in [2.45, 2.75) is 13.1 Å². The van der Waals surface area contributed by atoms with Crippen LogP contribution < -0.4 is 0 Å². The van der Waals surface area contributed by atoms with Crippen LogP contribution >= 0.6 is 0 Å². The van der Waals surface area contributed by atoms with Crippen LogP contribution in [0.2, 0.25) is 0 Å². The van der Waals surface area contributed by atoms with E-state index in [4.69, 9.17) is 4.74 Å². The molecule has 0 N–H and O–H groups in total. The van der Waals surface area contributed by atoms with Gasteiger partial charge in [-0.3, -0.25) is 4.98 Å². The molecule has 0 saturated carbocycles. The average Bonchev–Trinajstić information content (AvgIpc) is 2.60. The molecule has 2 aromatic carbocycles. The molecule has 3 rings (SSSR count). The minimum atomic E-state index is -4.84. The third-order valence-electron chi connectivity index (χ3n) is 3.78. The molecule has 1 heterocycles. The van der Waals surface area contributed by atoms with Gasteiger partial charge in [0, 0.05) is 10.9 Å². The van der Waals surface area contributed by atoms with Gasteiger partial charge in [-0.1, -0.05) is 30.3 Å². The molecular formula is C19H13F4NO2. The van der Waals surface area contributed by atoms with Gasteiger partial charge in [-0.15, -0.1) is 0 Å². The molecule has 0 aliphatic carbocycles. The first kappa shape index (κ1) is 17.8. The van der Waals surface area contributed by atoms with Crippen molar-refractivity contribution in [2.24, 2.45) is 0 Å². The zero-order valence-electron chi connectivity index (χ0n) is 13.6. The maximum absolute atomic E-state index is 13.9. The summed E-state index contributed by atoms with van der Waals surface area (Å²) in [4.78, 5) is 16.0. The lowest BCUT2D eigenvalue weighted by Gasteiger charge is -2.19. The zero-order valence-corrected chi connectivity index (χ0v) is 13.6. The maximum Gasteiger partial charge on any atom is 0.417 e. The molecule has 0 fully saturated rings. The predicted molar refractivity (Wildman–Crippen MR) is 88.1 cm³/mol. The van der Waals surface area contributed by atoms with E-state index >= 15 is 0 Å². The number of esters is 1. The molecule has 26 heavy (non-hydrogen) atoms. The van der Waals surface area contributed by atoms with Crippen molar-refractivity contribution in [2.75, 3.05) is 6.61 Å². The van der Waals surface area contributed by atoms with Gasteiger partial charge < -0.3 is 4.74 Å². The first-order valence-corrected chi connectivity index (χ1v) is 7.75. The number of carbonyl (C=O) groups is 1. The first-order valence-electron chi connectivity index (χ1n) is 7.75. The fourth-order valence-electron chi connectivity index (χ4n) is 2.80. The molecular weight excluding hydrogens is 350 g/mol. The van der Waals surface area contributed by atoms with Crippen LogP contribution in [0.3, 0.4) is 0 Å². The molecule has 0 aliphatic heterocycles. The van der Waals surface area contributed by atoms with E-state index in [1.807, 2.05) is 0 Å². The summed E-state index contributed by atoms with van der Waals surface area (Å²) in [6.07, 6.45) is -3.99. The number of ether oxygens (including phenoxy) is 1. The normalized spacial score (nSPS) is 11.6. The largest absolute Gasteiger partial charge is 0.462 e. The van der Waals surface area contributed by atoms with Crippen LogP contribution in [0, 0.1) is 5.82 Å². The van der Waals surface area contributed by atoms with Crippen LogP contribution in [0.4, 0.5) is 17.6 Å². The van der Waals surface area contributed by atoms with E-state index in [-0.39, 0.29) is 28.6 Å². The molecule has 134 valence electrons. The fourth-order valence-corrected chi connectivity index (χ4v) is 2.80. The number of rotatable bonds is 3. The van der Waals surface area contributed by atoms with Gasteiger partial charge in [0.2, 0.25) is 0 Å². The van der Waals surface area contributed by atoms with Crippen molar-refractivity contribution in [1.82, 2.24) is 4.98 Å². The second-order valence-electron chi connectivity index (χ2n) is 5.48. The summed E-state index contributed by atoms with van der Waals surface area (Å²) in [7, 11) is 0. The molecule has 0 amide bonds. The van der Waals surface area contributed by atoms with Gasteiger partial charge in [0.05, 0.1) is 29.4 Å². The second kappa shape index (κ2) is 6.74. The number of hydrogen-bond donors (Lipinski definition) is 0. The monoisotopic (exact) mass is 363 g/mol. The molecule has 3 nitrogen and oxygen atoms in total. The van der Waals surface area contributed by atoms with Gasteiger partial charge in [-0.25, -0.2) is 9.18 Å². The lowest BCUT2D eigenvalue weighted by molar-refractivity contribution is -0.137. The molecule has 0 unspecified atom stereocenters. The number of alkyl halides is 3. The van der Waals surface area contributed by atoms with E-state index < -0.39 is 29.1 Å². The van der Waals surface area contributed by atoms with Gasteiger partial charge >= 0.3 is 12.1 Å². The van der Waals surface area contributed by atoms with Crippen LogP contribution in [0.25, 0.3) is 22.0 Å². The standard InChI is InChI=1S/C19H13F4NO2/c1-2-26-18(25)14-9-12-8-13(20)10-24-17(12)15(16(14)19(21,22)23)11-6-4-3-5-7-11/h3-10H,2H2,1H3. The predicted octanol–water partition coefficient (Wildman–Crippen LogP) is 5.24. The van der Waals surface area contributed by atoms with Crippen LogP contribution in [0.1, 0.15) is 22.8 Å². The Morgan fingerprint density at radius 2 is 1.85 bits per heavy atom. The number of benzene rings is 2. The molecule has 0 atom stereocenters. The number of halogens is 4. The fraction of sp³-hybridized carbons (Fsp3) is 0.158. The third kappa shape index (κ3) is 3.24. The molecule has 0 spiro atoms. The number of carbonyl (C=O) groups excluding carboxylic acids is 1. The Bertz CT molecular complexity index is 969. The number of fused-ring (bicyclic) bond motifs is 1. The molecule has 0 aliphatic rings. The Morgan fingerprint density at radius 1 is 1.15 bits per heavy atom. The lowest BCUT2D eigenvalue weighted by Crippen LogP contribution is -2.17. The number of hydrogen-bond acceptors (Lipinski definition) is 3. The van der Waals surface area contributed by atoms with Crippen molar-refractivity contribution in [3.63, 3.8) is 0 Å². The van der Waals surface area contributed by atoms with Crippen molar-refractivity contribution in [3.8, 4) is 11.1 Å². The van der Waals surface area contributed by atoms with E-state index in [2.05, 4.69) is 4.98 Å². The Labute approximate surface area is 146 Å². The molecule has 0 radical (unpaired) electrons. The number of nitrogens with zero attached hydrogens (tertiary/aromatic N) is 1. The van der Waals surface area contributed by atoms with Crippen LogP contribution in [-0.4, -0.2) is 17.6 Å². The molecule has 0 bridgehead atoms. The van der Waals surface area contributed by atoms with E-state index in [1.165, 1.54) is 19.1 Å². The van der Waals surface area contributed by atoms with Crippen LogP contribution in [0.5, 0.6) is 0 Å². The summed E-state index contributed by atoms with van der Waals surface area (Å²) in [5, 5.41) is 0.0832. The van der Waals surface area contributed by atoms with Crippen molar-refractivity contribution >= 4 is 16.9 Å². The topological polar surface area (TPSA) is 39.2 Å². The smallest absolute Gasteiger partial charge is 0.417 e. The summed E-state index contributed by atoms with van der Waals surface area (Å²) < 4.78 is 60.0. The molecule has 3 aromatic rings. The first-order chi connectivity index (χ1) is 12.3. The minimum absolute atomic E-state index is 0.0435. The number of pyridine rings is 1. The number of aromatic nitrogens is 1. The van der Waals surface area contributed by atoms with Crippen molar-refractivity contribution < 1.29 is 27.1 Å². The summed E-state index contributed by atoms with van der Waals surface area (Å²) in [6.45, 7) is 1.40. The van der Waals surface area contributed by atoms with Gasteiger partial charge in [-0.05, 0) is 24.6 Å². The lowest BCUT2D eigenvalue weighted by atomic mass is 9.91. The second-order valence-corrected chi connectivity index (χ2v) is 5.48. The zero-order chi connectivity index (χ0) is 18.9. The average molecular weight is 363 g/mol. The van der Waals surface area contributed by atoms with E-state index in [1.54, 1.807) is 18.2 Å². The highest BCUT2D eigenvalue weighted by atomic mass is 19.4. The molecule has 1 aromatic heterocycles. The van der Waals surface area contributed by atoms with Gasteiger partial charge in [-0.2, -0.15) is 13.2 Å². The highest BCUT2D eigenvalue weighted by molar-refractivity contribution is 6.04. The van der Waals surface area contributed by atoms with Crippen molar-refractivity contribution in [3.05, 3.63) is 65.6 Å². The van der Waals surface area contributed by atoms with Crippen LogP contribution in [-0.2, 0) is 10.9 Å².